The number of nitro groups is 1. The topological polar surface area (TPSA) is 82.0 Å². The Hall–Kier alpha value is -1.17. The highest BCUT2D eigenvalue weighted by Crippen LogP contribution is 2.21. The molecule has 0 amide bonds. The number of unbranched alkanes of at least 4 members (excludes halogenated alkanes) is 1. The van der Waals surface area contributed by atoms with Crippen LogP contribution in [0.3, 0.4) is 0 Å². The first-order valence-electron chi connectivity index (χ1n) is 4.58. The molecular weight excluding hydrogens is 262 g/mol. The van der Waals surface area contributed by atoms with Crippen LogP contribution in [0.1, 0.15) is 26.7 Å². The van der Waals surface area contributed by atoms with Crippen LogP contribution in [0, 0.1) is 10.1 Å². The predicted octanol–water partition coefficient (Wildman–Crippen LogP) is 3.14. The van der Waals surface area contributed by atoms with Gasteiger partial charge in [-0.15, -0.1) is 0 Å². The lowest BCUT2D eigenvalue weighted by molar-refractivity contribution is -0.384. The zero-order valence-electron chi connectivity index (χ0n) is 8.74. The smallest absolute Gasteiger partial charge is 0.310 e. The minimum absolute atomic E-state index is 0.108. The second kappa shape index (κ2) is 7.17. The molecule has 1 rings (SSSR count). The molecule has 0 aromatic carbocycles. The van der Waals surface area contributed by atoms with Crippen molar-refractivity contribution in [2.45, 2.75) is 26.7 Å². The van der Waals surface area contributed by atoms with Crippen molar-refractivity contribution < 1.29 is 4.92 Å². The number of nitrogen functional groups attached to an aromatic ring is 1. The van der Waals surface area contributed by atoms with Gasteiger partial charge < -0.3 is 5.73 Å². The molecule has 0 aliphatic rings. The van der Waals surface area contributed by atoms with Crippen molar-refractivity contribution in [2.75, 3.05) is 5.73 Å². The Balaban J connectivity index is 0.000000423. The molecule has 1 aromatic heterocycles. The van der Waals surface area contributed by atoms with Crippen molar-refractivity contribution in [2.24, 2.45) is 0 Å². The van der Waals surface area contributed by atoms with Crippen LogP contribution in [-0.4, -0.2) is 9.91 Å². The summed E-state index contributed by atoms with van der Waals surface area (Å²) in [6.07, 6.45) is 3.75. The number of rotatable bonds is 2. The van der Waals surface area contributed by atoms with Crippen LogP contribution >= 0.6 is 15.9 Å². The molecule has 1 heterocycles. The van der Waals surface area contributed by atoms with Gasteiger partial charge in [0, 0.05) is 6.07 Å². The van der Waals surface area contributed by atoms with Gasteiger partial charge in [0.1, 0.15) is 16.5 Å². The minimum atomic E-state index is -0.575. The normalized spacial score (nSPS) is 9.00. The average molecular weight is 276 g/mol. The van der Waals surface area contributed by atoms with E-state index in [0.717, 1.165) is 6.20 Å². The van der Waals surface area contributed by atoms with Crippen molar-refractivity contribution in [1.82, 2.24) is 4.98 Å². The van der Waals surface area contributed by atoms with Gasteiger partial charge in [0.25, 0.3) is 0 Å². The molecule has 0 unspecified atom stereocenters. The summed E-state index contributed by atoms with van der Waals surface area (Å²) in [6.45, 7) is 4.36. The lowest BCUT2D eigenvalue weighted by Gasteiger charge is -1.94. The first-order valence-corrected chi connectivity index (χ1v) is 5.37. The molecule has 15 heavy (non-hydrogen) atoms. The predicted molar refractivity (Wildman–Crippen MR) is 63.6 cm³/mol. The summed E-state index contributed by atoms with van der Waals surface area (Å²) in [6, 6.07) is 1.39. The number of nitrogens with zero attached hydrogens (tertiary/aromatic N) is 2. The lowest BCUT2D eigenvalue weighted by atomic mass is 10.4. The third-order valence-corrected chi connectivity index (χ3v) is 2.01. The minimum Gasteiger partial charge on any atom is -0.393 e. The summed E-state index contributed by atoms with van der Waals surface area (Å²) in [5.41, 5.74) is 5.25. The van der Waals surface area contributed by atoms with Gasteiger partial charge in [-0.25, -0.2) is 4.98 Å². The molecule has 0 spiro atoms. The summed E-state index contributed by atoms with van der Waals surface area (Å²) in [7, 11) is 0. The van der Waals surface area contributed by atoms with E-state index in [0.29, 0.717) is 4.60 Å². The maximum Gasteiger partial charge on any atom is 0.310 e. The van der Waals surface area contributed by atoms with Gasteiger partial charge in [-0.2, -0.15) is 0 Å². The second-order valence-electron chi connectivity index (χ2n) is 2.82. The monoisotopic (exact) mass is 275 g/mol. The van der Waals surface area contributed by atoms with E-state index in [1.165, 1.54) is 18.9 Å². The van der Waals surface area contributed by atoms with Crippen molar-refractivity contribution >= 4 is 27.3 Å². The Labute approximate surface area is 97.0 Å². The molecule has 0 bridgehead atoms. The molecule has 0 saturated heterocycles. The largest absolute Gasteiger partial charge is 0.393 e. The zero-order valence-corrected chi connectivity index (χ0v) is 10.3. The maximum absolute atomic E-state index is 10.2. The van der Waals surface area contributed by atoms with Gasteiger partial charge in [0.05, 0.1) is 4.92 Å². The molecule has 6 heteroatoms. The highest BCUT2D eigenvalue weighted by molar-refractivity contribution is 9.10. The number of hydrogen-bond donors (Lipinski definition) is 1. The number of anilines is 1. The van der Waals surface area contributed by atoms with Gasteiger partial charge in [-0.1, -0.05) is 26.7 Å². The maximum atomic E-state index is 10.2. The quantitative estimate of drug-likeness (QED) is 0.511. The Morgan fingerprint density at radius 2 is 2.07 bits per heavy atom. The Kier molecular flexibility index (Phi) is 6.61. The van der Waals surface area contributed by atoms with Crippen LogP contribution in [0.15, 0.2) is 16.9 Å². The fraction of sp³-hybridized carbons (Fsp3) is 0.444. The molecular formula is C9H14BrN3O2. The third-order valence-electron chi connectivity index (χ3n) is 1.58. The van der Waals surface area contributed by atoms with Gasteiger partial charge >= 0.3 is 5.69 Å². The van der Waals surface area contributed by atoms with Crippen LogP contribution in [-0.2, 0) is 0 Å². The molecule has 0 fully saturated rings. The average Bonchev–Trinajstić information content (AvgIpc) is 2.17. The van der Waals surface area contributed by atoms with E-state index >= 15 is 0 Å². The van der Waals surface area contributed by atoms with E-state index in [2.05, 4.69) is 34.8 Å². The van der Waals surface area contributed by atoms with Crippen LogP contribution < -0.4 is 5.73 Å². The zero-order chi connectivity index (χ0) is 11.8. The Bertz CT molecular complexity index is 329. The van der Waals surface area contributed by atoms with Gasteiger partial charge in [0.2, 0.25) is 0 Å². The summed E-state index contributed by atoms with van der Waals surface area (Å²) in [5.74, 6) is 0. The molecule has 0 saturated carbocycles. The Morgan fingerprint density at radius 3 is 2.40 bits per heavy atom. The molecule has 1 aromatic rings. The molecule has 5 nitrogen and oxygen atoms in total. The second-order valence-corrected chi connectivity index (χ2v) is 3.64. The summed E-state index contributed by atoms with van der Waals surface area (Å²) in [5, 5.41) is 10.2. The summed E-state index contributed by atoms with van der Waals surface area (Å²) < 4.78 is 0.487. The van der Waals surface area contributed by atoms with Crippen LogP contribution in [0.25, 0.3) is 0 Å². The molecule has 0 aliphatic heterocycles. The molecule has 84 valence electrons. The van der Waals surface area contributed by atoms with E-state index in [1.54, 1.807) is 0 Å². The fourth-order valence-corrected chi connectivity index (χ4v) is 0.938. The number of hydrogen-bond acceptors (Lipinski definition) is 4. The third kappa shape index (κ3) is 5.31. The van der Waals surface area contributed by atoms with E-state index in [9.17, 15) is 10.1 Å². The SMILES string of the molecule is CCCC.Nc1cc(Br)ncc1[N+](=O)[O-]. The molecule has 2 N–H and O–H groups in total. The van der Waals surface area contributed by atoms with Crippen molar-refractivity contribution in [1.29, 1.82) is 0 Å². The number of nitrogens with two attached hydrogens (primary N) is 1. The summed E-state index contributed by atoms with van der Waals surface area (Å²) >= 11 is 3.03. The fourth-order valence-electron chi connectivity index (χ4n) is 0.589. The van der Waals surface area contributed by atoms with Crippen LogP contribution in [0.5, 0.6) is 0 Å². The van der Waals surface area contributed by atoms with Crippen LogP contribution in [0.2, 0.25) is 0 Å². The number of halogens is 1. The standard InChI is InChI=1S/C5H4BrN3O2.C4H10/c6-5-1-3(7)4(2-8-5)9(10)11;1-3-4-2/h1-2H,(H2,7,8);3-4H2,1-2H3. The van der Waals surface area contributed by atoms with Crippen LogP contribution in [0.4, 0.5) is 11.4 Å². The highest BCUT2D eigenvalue weighted by atomic mass is 79.9. The summed E-state index contributed by atoms with van der Waals surface area (Å²) in [4.78, 5) is 13.3. The van der Waals surface area contributed by atoms with Crippen molar-refractivity contribution in [3.8, 4) is 0 Å². The molecule has 0 atom stereocenters. The van der Waals surface area contributed by atoms with E-state index in [-0.39, 0.29) is 11.4 Å². The van der Waals surface area contributed by atoms with Crippen molar-refractivity contribution in [3.05, 3.63) is 27.0 Å². The first kappa shape index (κ1) is 13.8. The lowest BCUT2D eigenvalue weighted by Crippen LogP contribution is -1.96. The van der Waals surface area contributed by atoms with E-state index in [4.69, 9.17) is 5.73 Å². The highest BCUT2D eigenvalue weighted by Gasteiger charge is 2.10. The van der Waals surface area contributed by atoms with E-state index in [1.807, 2.05) is 0 Å². The van der Waals surface area contributed by atoms with Gasteiger partial charge in [0.15, 0.2) is 0 Å². The van der Waals surface area contributed by atoms with E-state index < -0.39 is 4.92 Å². The number of pyridine rings is 1. The Morgan fingerprint density at radius 1 is 1.53 bits per heavy atom. The molecule has 0 aliphatic carbocycles. The first-order chi connectivity index (χ1) is 7.02. The van der Waals surface area contributed by atoms with Crippen molar-refractivity contribution in [3.63, 3.8) is 0 Å². The number of aromatic nitrogens is 1. The van der Waals surface area contributed by atoms with Gasteiger partial charge in [-0.3, -0.25) is 10.1 Å². The molecule has 0 radical (unpaired) electrons. The van der Waals surface area contributed by atoms with Gasteiger partial charge in [-0.05, 0) is 15.9 Å².